The summed E-state index contributed by atoms with van der Waals surface area (Å²) >= 11 is 5.97. The Kier molecular flexibility index (Phi) is 5.48. The highest BCUT2D eigenvalue weighted by molar-refractivity contribution is 6.30. The summed E-state index contributed by atoms with van der Waals surface area (Å²) in [5.74, 6) is -1.31. The lowest BCUT2D eigenvalue weighted by atomic mass is 9.99. The summed E-state index contributed by atoms with van der Waals surface area (Å²) in [6, 6.07) is 2.82. The lowest BCUT2D eigenvalue weighted by molar-refractivity contribution is -0.769. The summed E-state index contributed by atoms with van der Waals surface area (Å²) in [7, 11) is 0. The van der Waals surface area contributed by atoms with Crippen LogP contribution in [-0.4, -0.2) is 61.0 Å². The number of fused-ring (bicyclic) bond motifs is 2. The molecular weight excluding hydrogens is 451 g/mol. The molecule has 0 saturated carbocycles. The Morgan fingerprint density at radius 3 is 2.52 bits per heavy atom. The van der Waals surface area contributed by atoms with E-state index in [0.717, 1.165) is 6.08 Å². The first-order valence-electron chi connectivity index (χ1n) is 9.05. The number of esters is 1. The number of alkyl halides is 3. The molecule has 0 radical (unpaired) electrons. The Morgan fingerprint density at radius 1 is 1.23 bits per heavy atom. The zero-order valence-electron chi connectivity index (χ0n) is 15.8. The maximum Gasteiger partial charge on any atom is 0.430 e. The van der Waals surface area contributed by atoms with Crippen LogP contribution in [0.3, 0.4) is 0 Å². The quantitative estimate of drug-likeness (QED) is 0.379. The van der Waals surface area contributed by atoms with E-state index < -0.39 is 53.3 Å². The van der Waals surface area contributed by atoms with Gasteiger partial charge in [-0.15, -0.1) is 10.1 Å². The van der Waals surface area contributed by atoms with E-state index in [1.807, 2.05) is 0 Å². The van der Waals surface area contributed by atoms with Gasteiger partial charge in [0.15, 0.2) is 12.2 Å². The highest BCUT2D eigenvalue weighted by Crippen LogP contribution is 2.41. The second-order valence-corrected chi connectivity index (χ2v) is 7.62. The third-order valence-electron chi connectivity index (χ3n) is 5.07. The normalized spacial score (nSPS) is 29.5. The fourth-order valence-electron chi connectivity index (χ4n) is 3.79. The molecule has 168 valence electrons. The first kappa shape index (κ1) is 21.7. The predicted molar refractivity (Wildman–Crippen MR) is 95.9 cm³/mol. The number of halogens is 4. The van der Waals surface area contributed by atoms with Gasteiger partial charge in [-0.1, -0.05) is 11.6 Å². The van der Waals surface area contributed by atoms with Gasteiger partial charge in [-0.25, -0.2) is 4.79 Å². The van der Waals surface area contributed by atoms with Gasteiger partial charge >= 0.3 is 12.1 Å². The van der Waals surface area contributed by atoms with Crippen molar-refractivity contribution in [1.29, 1.82) is 0 Å². The lowest BCUT2D eigenvalue weighted by Crippen LogP contribution is -2.43. The molecular formula is C18H15ClF3NO8. The summed E-state index contributed by atoms with van der Waals surface area (Å²) in [6.07, 6.45) is -10.3. The minimum Gasteiger partial charge on any atom is -0.475 e. The Morgan fingerprint density at radius 2 is 1.87 bits per heavy atom. The monoisotopic (exact) mass is 465 g/mol. The number of rotatable bonds is 4. The van der Waals surface area contributed by atoms with Crippen molar-refractivity contribution < 1.29 is 46.8 Å². The second-order valence-electron chi connectivity index (χ2n) is 7.19. The zero-order chi connectivity index (χ0) is 22.5. The molecule has 2 saturated heterocycles. The van der Waals surface area contributed by atoms with Crippen LogP contribution in [0.15, 0.2) is 17.7 Å². The van der Waals surface area contributed by atoms with Crippen molar-refractivity contribution in [3.05, 3.63) is 44.0 Å². The van der Waals surface area contributed by atoms with E-state index in [2.05, 4.69) is 4.84 Å². The fourth-order valence-corrected chi connectivity index (χ4v) is 4.08. The summed E-state index contributed by atoms with van der Waals surface area (Å²) in [6.45, 7) is 1.13. The third kappa shape index (κ3) is 4.14. The molecule has 0 aromatic heterocycles. The first-order valence-corrected chi connectivity index (χ1v) is 9.43. The average Bonchev–Trinajstić information content (AvgIpc) is 3.23. The van der Waals surface area contributed by atoms with Gasteiger partial charge in [-0.05, 0) is 30.7 Å². The Hall–Kier alpha value is -2.57. The van der Waals surface area contributed by atoms with E-state index in [1.54, 1.807) is 0 Å². The number of hydrogen-bond acceptors (Lipinski definition) is 8. The molecule has 4 rings (SSSR count). The Bertz CT molecular complexity index is 952. The zero-order valence-corrected chi connectivity index (χ0v) is 16.5. The van der Waals surface area contributed by atoms with Gasteiger partial charge in [0, 0.05) is 10.6 Å². The van der Waals surface area contributed by atoms with Crippen molar-refractivity contribution >= 4 is 23.6 Å². The first-order chi connectivity index (χ1) is 14.5. The third-order valence-corrected chi connectivity index (χ3v) is 5.29. The number of benzene rings is 1. The molecule has 2 fully saturated rings. The van der Waals surface area contributed by atoms with E-state index in [1.165, 1.54) is 19.1 Å². The van der Waals surface area contributed by atoms with Crippen LogP contribution < -0.4 is 4.74 Å². The summed E-state index contributed by atoms with van der Waals surface area (Å²) in [5.41, 5.74) is -0.181. The van der Waals surface area contributed by atoms with E-state index in [-0.39, 0.29) is 29.5 Å². The molecule has 1 aromatic rings. The van der Waals surface area contributed by atoms with Crippen LogP contribution in [0.5, 0.6) is 5.75 Å². The van der Waals surface area contributed by atoms with Crippen LogP contribution in [0.1, 0.15) is 11.1 Å². The van der Waals surface area contributed by atoms with Crippen molar-refractivity contribution in [3.63, 3.8) is 0 Å². The molecule has 0 aliphatic carbocycles. The van der Waals surface area contributed by atoms with Crippen LogP contribution in [0.4, 0.5) is 13.2 Å². The van der Waals surface area contributed by atoms with Crippen LogP contribution in [0, 0.1) is 17.0 Å². The maximum atomic E-state index is 13.6. The van der Waals surface area contributed by atoms with Crippen LogP contribution in [0.2, 0.25) is 5.02 Å². The predicted octanol–water partition coefficient (Wildman–Crippen LogP) is 2.64. The van der Waals surface area contributed by atoms with Gasteiger partial charge in [0.25, 0.3) is 5.09 Å². The average molecular weight is 466 g/mol. The van der Waals surface area contributed by atoms with E-state index in [0.29, 0.717) is 5.56 Å². The molecule has 5 atom stereocenters. The Labute approximate surface area is 177 Å². The lowest BCUT2D eigenvalue weighted by Gasteiger charge is -2.29. The molecule has 0 spiro atoms. The number of carbonyl (C=O) groups excluding carboxylic acids is 1. The summed E-state index contributed by atoms with van der Waals surface area (Å²) < 4.78 is 61.9. The van der Waals surface area contributed by atoms with Crippen molar-refractivity contribution in [1.82, 2.24) is 0 Å². The van der Waals surface area contributed by atoms with Crippen LogP contribution >= 0.6 is 11.6 Å². The molecule has 3 aliphatic heterocycles. The summed E-state index contributed by atoms with van der Waals surface area (Å²) in [4.78, 5) is 27.7. The molecule has 5 unspecified atom stereocenters. The number of carbonyl (C=O) groups is 1. The largest absolute Gasteiger partial charge is 0.475 e. The molecule has 13 heteroatoms. The Balaban J connectivity index is 1.56. The molecule has 3 heterocycles. The van der Waals surface area contributed by atoms with Crippen molar-refractivity contribution in [2.75, 3.05) is 13.2 Å². The van der Waals surface area contributed by atoms with Gasteiger partial charge in [0.05, 0.1) is 18.8 Å². The van der Waals surface area contributed by atoms with Crippen molar-refractivity contribution in [2.24, 2.45) is 0 Å². The number of hydrogen-bond donors (Lipinski definition) is 0. The standard InChI is InChI=1S/C18H15ClF3NO8/c1-7-2-9(19)3-8-4-10(16(18(20,21)22)30-13(7)8)17(24)29-11-5-27-15-12(31-23(25)26)6-28-14(11)15/h2-4,11-12,14-16H,5-6H2,1H3. The molecule has 0 amide bonds. The van der Waals surface area contributed by atoms with Gasteiger partial charge in [-0.3, -0.25) is 0 Å². The molecule has 0 N–H and O–H groups in total. The smallest absolute Gasteiger partial charge is 0.430 e. The van der Waals surface area contributed by atoms with Crippen molar-refractivity contribution in [2.45, 2.75) is 43.6 Å². The molecule has 31 heavy (non-hydrogen) atoms. The van der Waals surface area contributed by atoms with Gasteiger partial charge < -0.3 is 23.8 Å². The highest BCUT2D eigenvalue weighted by Gasteiger charge is 2.53. The molecule has 1 aromatic carbocycles. The SMILES string of the molecule is Cc1cc(Cl)cc2c1OC(C(F)(F)F)C(C(=O)OC1COC3C(O[N+](=O)[O-])COC13)=C2. The molecule has 3 aliphatic rings. The van der Waals surface area contributed by atoms with Gasteiger partial charge in [-0.2, -0.15) is 13.2 Å². The number of ether oxygens (including phenoxy) is 4. The molecule has 9 nitrogen and oxygen atoms in total. The number of nitrogens with zero attached hydrogens (tertiary/aromatic N) is 1. The van der Waals surface area contributed by atoms with Crippen molar-refractivity contribution in [3.8, 4) is 5.75 Å². The minimum atomic E-state index is -4.89. The maximum absolute atomic E-state index is 13.6. The molecule has 0 bridgehead atoms. The summed E-state index contributed by atoms with van der Waals surface area (Å²) in [5, 5.41) is 9.80. The van der Waals surface area contributed by atoms with Crippen LogP contribution in [-0.2, 0) is 23.8 Å². The minimum absolute atomic E-state index is 0.0357. The van der Waals surface area contributed by atoms with Gasteiger partial charge in [0.1, 0.15) is 18.0 Å². The highest BCUT2D eigenvalue weighted by atomic mass is 35.5. The second kappa shape index (κ2) is 7.84. The number of aryl methyl sites for hydroxylation is 1. The van der Waals surface area contributed by atoms with E-state index >= 15 is 0 Å². The topological polar surface area (TPSA) is 106 Å². The van der Waals surface area contributed by atoms with E-state index in [9.17, 15) is 28.1 Å². The van der Waals surface area contributed by atoms with Crippen LogP contribution in [0.25, 0.3) is 6.08 Å². The fraction of sp³-hybridized carbons (Fsp3) is 0.500. The van der Waals surface area contributed by atoms with E-state index in [4.69, 9.17) is 30.5 Å². The van der Waals surface area contributed by atoms with Gasteiger partial charge in [0.2, 0.25) is 6.10 Å².